The molecular weight excluding hydrogens is 624 g/mol. The fraction of sp³-hybridized carbons (Fsp3) is 0.0333. The molecule has 3 N–H and O–H groups in total. The molecule has 0 aliphatic heterocycles. The Kier molecular flexibility index (Phi) is 10.7. The zero-order valence-electron chi connectivity index (χ0n) is 21.1. The van der Waals surface area contributed by atoms with Crippen LogP contribution in [-0.2, 0) is 9.59 Å². The van der Waals surface area contributed by atoms with E-state index in [-0.39, 0.29) is 17.4 Å². The lowest BCUT2D eigenvalue weighted by molar-refractivity contribution is -0.114. The van der Waals surface area contributed by atoms with Gasteiger partial charge in [0.2, 0.25) is 5.91 Å². The van der Waals surface area contributed by atoms with Crippen LogP contribution < -0.4 is 16.0 Å². The van der Waals surface area contributed by atoms with Crippen LogP contribution in [0.15, 0.2) is 102 Å². The molecular formula is C30H21Cl4N3O3S. The fourth-order valence-electron chi connectivity index (χ4n) is 3.49. The van der Waals surface area contributed by atoms with Gasteiger partial charge < -0.3 is 16.0 Å². The van der Waals surface area contributed by atoms with Gasteiger partial charge in [-0.25, -0.2) is 0 Å². The Morgan fingerprint density at radius 1 is 0.683 bits per heavy atom. The number of hydrogen-bond acceptors (Lipinski definition) is 4. The Morgan fingerprint density at radius 3 is 2.00 bits per heavy atom. The predicted molar refractivity (Wildman–Crippen MR) is 169 cm³/mol. The van der Waals surface area contributed by atoms with E-state index < -0.39 is 11.8 Å². The monoisotopic (exact) mass is 643 g/mol. The summed E-state index contributed by atoms with van der Waals surface area (Å²) in [6, 6.07) is 25.2. The Labute approximate surface area is 261 Å². The molecule has 41 heavy (non-hydrogen) atoms. The van der Waals surface area contributed by atoms with Gasteiger partial charge in [0, 0.05) is 37.4 Å². The summed E-state index contributed by atoms with van der Waals surface area (Å²) < 4.78 is 0. The van der Waals surface area contributed by atoms with Gasteiger partial charge in [-0.3, -0.25) is 14.4 Å². The highest BCUT2D eigenvalue weighted by molar-refractivity contribution is 8.00. The highest BCUT2D eigenvalue weighted by Crippen LogP contribution is 2.28. The van der Waals surface area contributed by atoms with E-state index in [1.54, 1.807) is 91.0 Å². The summed E-state index contributed by atoms with van der Waals surface area (Å²) in [5.74, 6) is -1.11. The molecule has 0 spiro atoms. The molecule has 0 saturated heterocycles. The lowest BCUT2D eigenvalue weighted by atomic mass is 10.1. The lowest BCUT2D eigenvalue weighted by Gasteiger charge is -2.13. The summed E-state index contributed by atoms with van der Waals surface area (Å²) in [4.78, 5) is 39.3. The summed E-state index contributed by atoms with van der Waals surface area (Å²) in [6.45, 7) is 0. The van der Waals surface area contributed by atoms with Gasteiger partial charge in [0.25, 0.3) is 11.8 Å². The maximum Gasteiger partial charge on any atom is 0.272 e. The van der Waals surface area contributed by atoms with Crippen molar-refractivity contribution < 1.29 is 14.4 Å². The smallest absolute Gasteiger partial charge is 0.272 e. The van der Waals surface area contributed by atoms with Gasteiger partial charge in [0.1, 0.15) is 5.70 Å². The second-order valence-electron chi connectivity index (χ2n) is 8.46. The van der Waals surface area contributed by atoms with Gasteiger partial charge in [0.15, 0.2) is 0 Å². The summed E-state index contributed by atoms with van der Waals surface area (Å²) >= 11 is 25.8. The first-order valence-corrected chi connectivity index (χ1v) is 14.5. The van der Waals surface area contributed by atoms with Crippen LogP contribution in [0.5, 0.6) is 0 Å². The SMILES string of the molecule is O=C(CSc1ccc(NC(=O)/C(=C/c2c(Cl)cccc2Cl)NC(=O)c2ccccc2)cc1)Nc1ccc(Cl)c(Cl)c1. The highest BCUT2D eigenvalue weighted by atomic mass is 35.5. The van der Waals surface area contributed by atoms with Crippen molar-refractivity contribution in [2.24, 2.45) is 0 Å². The Hall–Kier alpha value is -3.46. The van der Waals surface area contributed by atoms with Crippen molar-refractivity contribution in [1.82, 2.24) is 5.32 Å². The average Bonchev–Trinajstić information content (AvgIpc) is 2.96. The second-order valence-corrected chi connectivity index (χ2v) is 11.1. The van der Waals surface area contributed by atoms with Crippen molar-refractivity contribution in [1.29, 1.82) is 0 Å². The number of hydrogen-bond donors (Lipinski definition) is 3. The van der Waals surface area contributed by atoms with Gasteiger partial charge in [0.05, 0.1) is 15.8 Å². The van der Waals surface area contributed by atoms with Crippen LogP contribution in [0.25, 0.3) is 6.08 Å². The zero-order chi connectivity index (χ0) is 29.4. The van der Waals surface area contributed by atoms with Crippen LogP contribution in [0.1, 0.15) is 15.9 Å². The maximum absolute atomic E-state index is 13.3. The number of rotatable bonds is 9. The molecule has 4 aromatic rings. The number of nitrogens with one attached hydrogen (secondary N) is 3. The number of carbonyl (C=O) groups is 3. The number of anilines is 2. The minimum atomic E-state index is -0.577. The van der Waals surface area contributed by atoms with Crippen molar-refractivity contribution >= 4 is 93.3 Å². The molecule has 0 radical (unpaired) electrons. The quantitative estimate of drug-likeness (QED) is 0.126. The zero-order valence-corrected chi connectivity index (χ0v) is 24.9. The van der Waals surface area contributed by atoms with E-state index in [2.05, 4.69) is 16.0 Å². The van der Waals surface area contributed by atoms with E-state index in [1.165, 1.54) is 17.8 Å². The van der Waals surface area contributed by atoms with Crippen LogP contribution in [0, 0.1) is 0 Å². The van der Waals surface area contributed by atoms with Crippen molar-refractivity contribution in [3.05, 3.63) is 128 Å². The molecule has 11 heteroatoms. The van der Waals surface area contributed by atoms with E-state index in [4.69, 9.17) is 46.4 Å². The lowest BCUT2D eigenvalue weighted by Crippen LogP contribution is -2.30. The molecule has 0 atom stereocenters. The third-order valence-electron chi connectivity index (χ3n) is 5.50. The largest absolute Gasteiger partial charge is 0.325 e. The summed E-state index contributed by atoms with van der Waals surface area (Å²) in [6.07, 6.45) is 1.43. The molecule has 4 rings (SSSR count). The number of benzene rings is 4. The first kappa shape index (κ1) is 30.5. The molecule has 3 amide bonds. The summed E-state index contributed by atoms with van der Waals surface area (Å²) in [7, 11) is 0. The molecule has 208 valence electrons. The number of halogens is 4. The first-order chi connectivity index (χ1) is 19.7. The van der Waals surface area contributed by atoms with E-state index >= 15 is 0 Å². The molecule has 0 aliphatic rings. The number of thioether (sulfide) groups is 1. The van der Waals surface area contributed by atoms with Crippen LogP contribution in [0.2, 0.25) is 20.1 Å². The molecule has 0 aromatic heterocycles. The number of carbonyl (C=O) groups excluding carboxylic acids is 3. The summed E-state index contributed by atoms with van der Waals surface area (Å²) in [5, 5.41) is 9.59. The van der Waals surface area contributed by atoms with Crippen LogP contribution >= 0.6 is 58.2 Å². The van der Waals surface area contributed by atoms with E-state index in [0.717, 1.165) is 4.90 Å². The summed E-state index contributed by atoms with van der Waals surface area (Å²) in [5.41, 5.74) is 1.74. The van der Waals surface area contributed by atoms with Crippen molar-refractivity contribution in [3.63, 3.8) is 0 Å². The van der Waals surface area contributed by atoms with E-state index in [9.17, 15) is 14.4 Å². The first-order valence-electron chi connectivity index (χ1n) is 12.0. The van der Waals surface area contributed by atoms with Gasteiger partial charge in [-0.15, -0.1) is 11.8 Å². The normalized spacial score (nSPS) is 11.1. The van der Waals surface area contributed by atoms with Crippen molar-refractivity contribution in [2.75, 3.05) is 16.4 Å². The predicted octanol–water partition coefficient (Wildman–Crippen LogP) is 8.44. The molecule has 6 nitrogen and oxygen atoms in total. The average molecular weight is 645 g/mol. The topological polar surface area (TPSA) is 87.3 Å². The minimum absolute atomic E-state index is 0.0497. The molecule has 0 saturated carbocycles. The fourth-order valence-corrected chi connectivity index (χ4v) is 4.99. The Balaban J connectivity index is 1.43. The third-order valence-corrected chi connectivity index (χ3v) is 7.91. The van der Waals surface area contributed by atoms with Crippen LogP contribution in [-0.4, -0.2) is 23.5 Å². The van der Waals surface area contributed by atoms with E-state index in [0.29, 0.717) is 42.6 Å². The van der Waals surface area contributed by atoms with Crippen LogP contribution in [0.4, 0.5) is 11.4 Å². The molecule has 0 fully saturated rings. The van der Waals surface area contributed by atoms with Crippen LogP contribution in [0.3, 0.4) is 0 Å². The minimum Gasteiger partial charge on any atom is -0.325 e. The van der Waals surface area contributed by atoms with Gasteiger partial charge in [-0.2, -0.15) is 0 Å². The molecule has 0 unspecified atom stereocenters. The van der Waals surface area contributed by atoms with Gasteiger partial charge >= 0.3 is 0 Å². The second kappa shape index (κ2) is 14.4. The number of amides is 3. The maximum atomic E-state index is 13.3. The third kappa shape index (κ3) is 8.76. The molecule has 0 heterocycles. The Bertz CT molecular complexity index is 1590. The molecule has 0 bridgehead atoms. The highest BCUT2D eigenvalue weighted by Gasteiger charge is 2.17. The van der Waals surface area contributed by atoms with Crippen molar-refractivity contribution in [2.45, 2.75) is 4.90 Å². The van der Waals surface area contributed by atoms with Gasteiger partial charge in [-0.1, -0.05) is 70.7 Å². The molecule has 0 aliphatic carbocycles. The molecule has 4 aromatic carbocycles. The Morgan fingerprint density at radius 2 is 1.34 bits per heavy atom. The standard InChI is InChI=1S/C30H21Cl4N3O3S/c31-23-7-4-8-24(32)22(23)16-27(37-29(39)18-5-2-1-3-6-18)30(40)36-19-9-12-21(13-10-19)41-17-28(38)35-20-11-14-25(33)26(34)15-20/h1-16H,17H2,(H,35,38)(H,36,40)(H,37,39)/b27-16-. The van der Waals surface area contributed by atoms with Crippen molar-refractivity contribution in [3.8, 4) is 0 Å². The van der Waals surface area contributed by atoms with E-state index in [1.807, 2.05) is 0 Å². The van der Waals surface area contributed by atoms with Gasteiger partial charge in [-0.05, 0) is 72.8 Å².